The van der Waals surface area contributed by atoms with Crippen LogP contribution in [0.3, 0.4) is 0 Å². The van der Waals surface area contributed by atoms with Crippen LogP contribution in [0, 0.1) is 11.8 Å². The first-order chi connectivity index (χ1) is 29.5. The molecule has 0 saturated heterocycles. The first-order valence-corrected chi connectivity index (χ1v) is 22.5. The third-order valence-electron chi connectivity index (χ3n) is 9.16. The summed E-state index contributed by atoms with van der Waals surface area (Å²) in [4.78, 5) is 84.7. The zero-order chi connectivity index (χ0) is 46.8. The molecule has 16 heteroatoms. The van der Waals surface area contributed by atoms with Crippen molar-refractivity contribution in [2.75, 3.05) is 0 Å². The number of alkyl carbamates (subject to hydrolysis) is 1. The molecule has 2 aromatic carbocycles. The monoisotopic (exact) mass is 890 g/mol. The predicted octanol–water partition coefficient (Wildman–Crippen LogP) is 6.35. The summed E-state index contributed by atoms with van der Waals surface area (Å²) in [5, 5.41) is 8.99. The standard InChI is InChI=1S/C47H62N4O11S/c1-32(2)42(44(56)49-36(29-40(53)61-46(3,4)5)25-27-63(58,59)37-22-13-10-14-23-37)51-43(55)34(28-35-21-15-16-26-48-35)20-17-24-39(52)38(30-41(54)62-47(6,7)8)50-45(57)60-31-33-18-11-9-12-19-33/h9-16,18-19,21-23,25-27,32,34,36,38,42H,17,20,24,28-31H2,1-8H3,(H,49,56)(H,50,57)(H,51,55)/b27-25+/t34-,36+,38-,42-/m0/s1. The highest BCUT2D eigenvalue weighted by atomic mass is 32.2. The van der Waals surface area contributed by atoms with Gasteiger partial charge in [0.2, 0.25) is 11.8 Å². The Kier molecular flexibility index (Phi) is 19.7. The third-order valence-corrected chi connectivity index (χ3v) is 10.6. The highest BCUT2D eigenvalue weighted by Crippen LogP contribution is 2.19. The van der Waals surface area contributed by atoms with Gasteiger partial charge in [-0.2, -0.15) is 0 Å². The molecular formula is C47H62N4O11S. The summed E-state index contributed by atoms with van der Waals surface area (Å²) < 4.78 is 42.4. The SMILES string of the molecule is CC(C)[C@H](NC(=O)[C@@H](CCCC(=O)[C@H](CC(=O)OC(C)(C)C)NC(=O)OCc1ccccc1)Cc1ccccn1)C(=O)N[C@H](/C=C/S(=O)(=O)c1ccccc1)CC(=O)OC(C)(C)C. The van der Waals surface area contributed by atoms with Crippen LogP contribution in [-0.2, 0) is 61.0 Å². The number of nitrogens with one attached hydrogen (secondary N) is 3. The molecule has 0 spiro atoms. The topological polar surface area (TPSA) is 213 Å². The van der Waals surface area contributed by atoms with Crippen LogP contribution in [0.5, 0.6) is 0 Å². The van der Waals surface area contributed by atoms with E-state index in [0.29, 0.717) is 5.69 Å². The van der Waals surface area contributed by atoms with Crippen LogP contribution in [0.15, 0.2) is 101 Å². The van der Waals surface area contributed by atoms with Gasteiger partial charge in [-0.15, -0.1) is 0 Å². The van der Waals surface area contributed by atoms with Crippen molar-refractivity contribution in [3.05, 3.63) is 108 Å². The molecule has 3 N–H and O–H groups in total. The molecule has 3 aromatic rings. The maximum absolute atomic E-state index is 14.1. The second-order valence-corrected chi connectivity index (χ2v) is 19.3. The van der Waals surface area contributed by atoms with Gasteiger partial charge in [0.15, 0.2) is 15.6 Å². The molecule has 3 amide bonds. The summed E-state index contributed by atoms with van der Waals surface area (Å²) >= 11 is 0. The van der Waals surface area contributed by atoms with Crippen molar-refractivity contribution in [3.63, 3.8) is 0 Å². The Morgan fingerprint density at radius 2 is 1.32 bits per heavy atom. The second kappa shape index (κ2) is 24.1. The van der Waals surface area contributed by atoms with E-state index in [1.165, 1.54) is 18.2 Å². The Hall–Kier alpha value is -5.90. The fourth-order valence-electron chi connectivity index (χ4n) is 6.19. The zero-order valence-electron chi connectivity index (χ0n) is 37.4. The average Bonchev–Trinajstić information content (AvgIpc) is 3.20. The van der Waals surface area contributed by atoms with Gasteiger partial charge in [-0.05, 0) is 96.2 Å². The molecule has 0 aliphatic rings. The zero-order valence-corrected chi connectivity index (χ0v) is 38.2. The molecule has 0 aliphatic heterocycles. The maximum atomic E-state index is 14.1. The Labute approximate surface area is 371 Å². The lowest BCUT2D eigenvalue weighted by atomic mass is 9.92. The number of rotatable bonds is 22. The molecule has 0 radical (unpaired) electrons. The van der Waals surface area contributed by atoms with Gasteiger partial charge in [0.25, 0.3) is 0 Å². The van der Waals surface area contributed by atoms with Gasteiger partial charge in [-0.25, -0.2) is 13.2 Å². The molecule has 0 saturated carbocycles. The molecule has 63 heavy (non-hydrogen) atoms. The number of benzene rings is 2. The van der Waals surface area contributed by atoms with E-state index in [1.54, 1.807) is 122 Å². The first-order valence-electron chi connectivity index (χ1n) is 20.9. The molecule has 0 aliphatic carbocycles. The van der Waals surface area contributed by atoms with Crippen molar-refractivity contribution in [2.45, 2.75) is 135 Å². The van der Waals surface area contributed by atoms with E-state index in [2.05, 4.69) is 20.9 Å². The predicted molar refractivity (Wildman–Crippen MR) is 236 cm³/mol. The van der Waals surface area contributed by atoms with Crippen molar-refractivity contribution < 1.29 is 51.4 Å². The average molecular weight is 891 g/mol. The van der Waals surface area contributed by atoms with E-state index in [-0.39, 0.29) is 37.2 Å². The first kappa shape index (κ1) is 51.5. The summed E-state index contributed by atoms with van der Waals surface area (Å²) in [6.07, 6.45) is 1.39. The van der Waals surface area contributed by atoms with Gasteiger partial charge in [0, 0.05) is 36.1 Å². The molecule has 0 unspecified atom stereocenters. The highest BCUT2D eigenvalue weighted by molar-refractivity contribution is 7.94. The molecule has 1 heterocycles. The largest absolute Gasteiger partial charge is 0.460 e. The molecule has 342 valence electrons. The van der Waals surface area contributed by atoms with Crippen molar-refractivity contribution in [3.8, 4) is 0 Å². The van der Waals surface area contributed by atoms with Crippen molar-refractivity contribution in [1.29, 1.82) is 0 Å². The summed E-state index contributed by atoms with van der Waals surface area (Å²) in [6, 6.07) is 18.3. The number of hydrogen-bond acceptors (Lipinski definition) is 12. The maximum Gasteiger partial charge on any atom is 0.408 e. The van der Waals surface area contributed by atoms with E-state index in [1.807, 2.05) is 6.07 Å². The van der Waals surface area contributed by atoms with Crippen molar-refractivity contribution >= 4 is 45.5 Å². The van der Waals surface area contributed by atoms with Crippen LogP contribution in [0.1, 0.15) is 98.8 Å². The minimum atomic E-state index is -3.95. The lowest BCUT2D eigenvalue weighted by molar-refractivity contribution is -0.157. The van der Waals surface area contributed by atoms with Crippen LogP contribution < -0.4 is 16.0 Å². The molecule has 1 aromatic heterocycles. The van der Waals surface area contributed by atoms with Crippen LogP contribution in [0.2, 0.25) is 0 Å². The van der Waals surface area contributed by atoms with Crippen molar-refractivity contribution in [2.24, 2.45) is 11.8 Å². The summed E-state index contributed by atoms with van der Waals surface area (Å²) in [5.74, 6) is -4.30. The van der Waals surface area contributed by atoms with Crippen LogP contribution >= 0.6 is 0 Å². The number of ether oxygens (including phenoxy) is 3. The number of sulfone groups is 1. The molecule has 0 fully saturated rings. The quantitative estimate of drug-likeness (QED) is 0.0744. The second-order valence-electron chi connectivity index (χ2n) is 17.5. The highest BCUT2D eigenvalue weighted by Gasteiger charge is 2.32. The summed E-state index contributed by atoms with van der Waals surface area (Å²) in [5.41, 5.74) is -0.378. The normalized spacial score (nSPS) is 13.9. The van der Waals surface area contributed by atoms with Gasteiger partial charge < -0.3 is 30.2 Å². The minimum absolute atomic E-state index is 0.0210. The van der Waals surface area contributed by atoms with Gasteiger partial charge in [0.05, 0.1) is 23.8 Å². The number of amides is 3. The molecule has 4 atom stereocenters. The lowest BCUT2D eigenvalue weighted by Gasteiger charge is -2.27. The number of nitrogens with zero attached hydrogens (tertiary/aromatic N) is 1. The Bertz CT molecular complexity index is 2120. The van der Waals surface area contributed by atoms with E-state index >= 15 is 0 Å². The van der Waals surface area contributed by atoms with Gasteiger partial charge in [-0.3, -0.25) is 29.0 Å². The molecule has 3 rings (SSSR count). The van der Waals surface area contributed by atoms with Gasteiger partial charge >= 0.3 is 18.0 Å². The van der Waals surface area contributed by atoms with E-state index in [4.69, 9.17) is 14.2 Å². The van der Waals surface area contributed by atoms with Crippen LogP contribution in [0.4, 0.5) is 4.79 Å². The number of Topliss-reactive ketones (excluding diaryl/α,β-unsaturated/α-hetero) is 1. The molecular weight excluding hydrogens is 829 g/mol. The van der Waals surface area contributed by atoms with E-state index in [9.17, 15) is 37.2 Å². The smallest absolute Gasteiger partial charge is 0.408 e. The summed E-state index contributed by atoms with van der Waals surface area (Å²) in [6.45, 7) is 13.5. The number of pyridine rings is 1. The Morgan fingerprint density at radius 1 is 0.730 bits per heavy atom. The lowest BCUT2D eigenvalue weighted by Crippen LogP contribution is -2.53. The fraction of sp³-hybridized carbons (Fsp3) is 0.468. The number of hydrogen-bond donors (Lipinski definition) is 3. The Balaban J connectivity index is 1.79. The number of carbonyl (C=O) groups excluding carboxylic acids is 6. The molecule has 15 nitrogen and oxygen atoms in total. The van der Waals surface area contributed by atoms with Gasteiger partial charge in [-0.1, -0.05) is 68.4 Å². The number of esters is 2. The summed E-state index contributed by atoms with van der Waals surface area (Å²) in [7, 11) is -3.95. The van der Waals surface area contributed by atoms with E-state index in [0.717, 1.165) is 11.0 Å². The number of aromatic nitrogens is 1. The Morgan fingerprint density at radius 3 is 1.89 bits per heavy atom. The fourth-order valence-corrected chi connectivity index (χ4v) is 7.28. The number of ketones is 1. The van der Waals surface area contributed by atoms with Crippen molar-refractivity contribution in [1.82, 2.24) is 20.9 Å². The number of carbonyl (C=O) groups is 6. The minimum Gasteiger partial charge on any atom is -0.460 e. The van der Waals surface area contributed by atoms with Crippen LogP contribution in [0.25, 0.3) is 0 Å². The van der Waals surface area contributed by atoms with Gasteiger partial charge in [0.1, 0.15) is 29.9 Å². The third kappa shape index (κ3) is 19.8. The van der Waals surface area contributed by atoms with Crippen LogP contribution in [-0.4, -0.2) is 78.4 Å². The van der Waals surface area contributed by atoms with E-state index < -0.39 is 99.5 Å². The molecule has 0 bridgehead atoms.